The first-order valence-electron chi connectivity index (χ1n) is 3.73. The molecule has 66 valence electrons. The average molecular weight is 181 g/mol. The van der Waals surface area contributed by atoms with Gasteiger partial charge in [0.1, 0.15) is 29.4 Å². The Balaban J connectivity index is 2.56. The molecule has 0 spiro atoms. The Hall–Kier alpha value is -1.47. The lowest BCUT2D eigenvalue weighted by Gasteiger charge is -2.00. The van der Waals surface area contributed by atoms with E-state index in [1.807, 2.05) is 0 Å². The van der Waals surface area contributed by atoms with Crippen molar-refractivity contribution in [2.45, 2.75) is 6.10 Å². The maximum absolute atomic E-state index is 13.3. The second-order valence-corrected chi connectivity index (χ2v) is 2.76. The molecule has 1 heterocycles. The van der Waals surface area contributed by atoms with Crippen LogP contribution in [0.4, 0.5) is 8.78 Å². The van der Waals surface area contributed by atoms with Gasteiger partial charge in [0.2, 0.25) is 0 Å². The maximum atomic E-state index is 13.3. The summed E-state index contributed by atoms with van der Waals surface area (Å²) in [7, 11) is 0. The maximum Gasteiger partial charge on any atom is 0.149 e. The molecule has 1 fully saturated rings. The molecule has 1 atom stereocenters. The normalized spacial score (nSPS) is 19.6. The van der Waals surface area contributed by atoms with Gasteiger partial charge in [-0.1, -0.05) is 6.07 Å². The molecule has 13 heavy (non-hydrogen) atoms. The molecular weight excluding hydrogens is 176 g/mol. The van der Waals surface area contributed by atoms with E-state index in [0.29, 0.717) is 6.61 Å². The van der Waals surface area contributed by atoms with Gasteiger partial charge in [0.15, 0.2) is 0 Å². The van der Waals surface area contributed by atoms with Gasteiger partial charge in [0, 0.05) is 5.56 Å². The SMILES string of the molecule is N#Cc1c(F)ccc([C@H]2CO2)c1F. The zero-order valence-electron chi connectivity index (χ0n) is 6.55. The fourth-order valence-corrected chi connectivity index (χ4v) is 1.15. The summed E-state index contributed by atoms with van der Waals surface area (Å²) in [4.78, 5) is 0. The summed E-state index contributed by atoms with van der Waals surface area (Å²) in [6.45, 7) is 0.438. The van der Waals surface area contributed by atoms with Crippen molar-refractivity contribution < 1.29 is 13.5 Å². The summed E-state index contributed by atoms with van der Waals surface area (Å²) in [5.74, 6) is -1.63. The number of rotatable bonds is 1. The molecule has 0 radical (unpaired) electrons. The molecule has 1 aromatic carbocycles. The molecule has 2 rings (SSSR count). The lowest BCUT2D eigenvalue weighted by molar-refractivity contribution is 0.406. The number of ether oxygens (including phenoxy) is 1. The van der Waals surface area contributed by atoms with E-state index in [1.54, 1.807) is 0 Å². The molecule has 0 amide bonds. The van der Waals surface area contributed by atoms with Crippen LogP contribution in [0.15, 0.2) is 12.1 Å². The first-order valence-corrected chi connectivity index (χ1v) is 3.73. The highest BCUT2D eigenvalue weighted by Gasteiger charge is 2.29. The Morgan fingerprint density at radius 2 is 2.15 bits per heavy atom. The number of nitriles is 1. The van der Waals surface area contributed by atoms with Gasteiger partial charge >= 0.3 is 0 Å². The largest absolute Gasteiger partial charge is 0.368 e. The zero-order chi connectivity index (χ0) is 9.42. The van der Waals surface area contributed by atoms with Crippen molar-refractivity contribution in [2.75, 3.05) is 6.61 Å². The summed E-state index contributed by atoms with van der Waals surface area (Å²) < 4.78 is 30.9. The highest BCUT2D eigenvalue weighted by molar-refractivity contribution is 5.38. The number of hydrogen-bond donors (Lipinski definition) is 0. The van der Waals surface area contributed by atoms with Crippen molar-refractivity contribution >= 4 is 0 Å². The van der Waals surface area contributed by atoms with Gasteiger partial charge in [0.05, 0.1) is 6.61 Å². The van der Waals surface area contributed by atoms with Crippen LogP contribution in [0.5, 0.6) is 0 Å². The minimum absolute atomic E-state index is 0.262. The standard InChI is InChI=1S/C9H5F2NO/c10-7-2-1-5(8-4-13-8)9(11)6(7)3-12/h1-2,8H,4H2/t8-/m1/s1. The predicted molar refractivity (Wildman–Crippen MR) is 39.8 cm³/mol. The second-order valence-electron chi connectivity index (χ2n) is 2.76. The third-order valence-corrected chi connectivity index (χ3v) is 1.91. The van der Waals surface area contributed by atoms with E-state index in [0.717, 1.165) is 6.07 Å². The molecule has 0 bridgehead atoms. The van der Waals surface area contributed by atoms with Crippen LogP contribution in [0, 0.1) is 23.0 Å². The van der Waals surface area contributed by atoms with Crippen molar-refractivity contribution in [1.29, 1.82) is 5.26 Å². The Morgan fingerprint density at radius 3 is 2.69 bits per heavy atom. The smallest absolute Gasteiger partial charge is 0.149 e. The minimum atomic E-state index is -0.829. The molecular formula is C9H5F2NO. The van der Waals surface area contributed by atoms with Crippen LogP contribution in [0.25, 0.3) is 0 Å². The lowest BCUT2D eigenvalue weighted by Crippen LogP contribution is -1.96. The van der Waals surface area contributed by atoms with Gasteiger partial charge in [-0.05, 0) is 6.07 Å². The number of benzene rings is 1. The van der Waals surface area contributed by atoms with E-state index in [2.05, 4.69) is 0 Å². The number of nitrogens with zero attached hydrogens (tertiary/aromatic N) is 1. The fourth-order valence-electron chi connectivity index (χ4n) is 1.15. The third-order valence-electron chi connectivity index (χ3n) is 1.91. The van der Waals surface area contributed by atoms with E-state index < -0.39 is 17.2 Å². The van der Waals surface area contributed by atoms with Gasteiger partial charge in [-0.2, -0.15) is 5.26 Å². The molecule has 0 aromatic heterocycles. The van der Waals surface area contributed by atoms with Gasteiger partial charge in [-0.3, -0.25) is 0 Å². The fraction of sp³-hybridized carbons (Fsp3) is 0.222. The van der Waals surface area contributed by atoms with Crippen LogP contribution < -0.4 is 0 Å². The zero-order valence-corrected chi connectivity index (χ0v) is 6.55. The molecule has 1 aliphatic heterocycles. The first-order chi connectivity index (χ1) is 6.24. The number of hydrogen-bond acceptors (Lipinski definition) is 2. The Bertz CT molecular complexity index is 393. The highest BCUT2D eigenvalue weighted by Crippen LogP contribution is 2.33. The molecule has 1 aromatic rings. The molecule has 1 saturated heterocycles. The molecule has 4 heteroatoms. The van der Waals surface area contributed by atoms with E-state index in [9.17, 15) is 8.78 Å². The predicted octanol–water partition coefficient (Wildman–Crippen LogP) is 1.91. The van der Waals surface area contributed by atoms with E-state index in [1.165, 1.54) is 12.1 Å². The summed E-state index contributed by atoms with van der Waals surface area (Å²) in [5.41, 5.74) is -0.272. The van der Waals surface area contributed by atoms with E-state index >= 15 is 0 Å². The van der Waals surface area contributed by atoms with E-state index in [4.69, 9.17) is 10.00 Å². The molecule has 0 saturated carbocycles. The van der Waals surface area contributed by atoms with Crippen LogP contribution in [0.1, 0.15) is 17.2 Å². The molecule has 1 aliphatic rings. The van der Waals surface area contributed by atoms with Gasteiger partial charge in [-0.15, -0.1) is 0 Å². The van der Waals surface area contributed by atoms with Crippen molar-refractivity contribution in [1.82, 2.24) is 0 Å². The molecule has 0 N–H and O–H groups in total. The minimum Gasteiger partial charge on any atom is -0.368 e. The average Bonchev–Trinajstić information content (AvgIpc) is 2.88. The van der Waals surface area contributed by atoms with Crippen molar-refractivity contribution in [2.24, 2.45) is 0 Å². The number of epoxide rings is 1. The van der Waals surface area contributed by atoms with Crippen LogP contribution in [-0.4, -0.2) is 6.61 Å². The Kier molecular flexibility index (Phi) is 1.74. The molecule has 2 nitrogen and oxygen atoms in total. The van der Waals surface area contributed by atoms with Crippen molar-refractivity contribution in [3.05, 3.63) is 34.9 Å². The molecule has 0 unspecified atom stereocenters. The summed E-state index contributed by atoms with van der Waals surface area (Å²) in [6, 6.07) is 3.87. The molecule has 0 aliphatic carbocycles. The summed E-state index contributed by atoms with van der Waals surface area (Å²) >= 11 is 0. The van der Waals surface area contributed by atoms with Gasteiger partial charge in [0.25, 0.3) is 0 Å². The summed E-state index contributed by atoms with van der Waals surface area (Å²) in [6.07, 6.45) is -0.298. The van der Waals surface area contributed by atoms with Gasteiger partial charge < -0.3 is 4.74 Å². The van der Waals surface area contributed by atoms with Crippen LogP contribution in [-0.2, 0) is 4.74 Å². The van der Waals surface area contributed by atoms with Crippen molar-refractivity contribution in [3.63, 3.8) is 0 Å². The Labute approximate surface area is 73.4 Å². The quantitative estimate of drug-likeness (QED) is 0.620. The van der Waals surface area contributed by atoms with Crippen molar-refractivity contribution in [3.8, 4) is 6.07 Å². The van der Waals surface area contributed by atoms with Crippen LogP contribution >= 0.6 is 0 Å². The Morgan fingerprint density at radius 1 is 1.46 bits per heavy atom. The summed E-state index contributed by atoms with van der Waals surface area (Å²) in [5, 5.41) is 8.46. The first kappa shape index (κ1) is 8.14. The second kappa shape index (κ2) is 2.79. The highest BCUT2D eigenvalue weighted by atomic mass is 19.1. The third kappa shape index (κ3) is 1.27. The van der Waals surface area contributed by atoms with E-state index in [-0.39, 0.29) is 11.7 Å². The number of halogens is 2. The van der Waals surface area contributed by atoms with Gasteiger partial charge in [-0.25, -0.2) is 8.78 Å². The van der Waals surface area contributed by atoms with Crippen LogP contribution in [0.2, 0.25) is 0 Å². The topological polar surface area (TPSA) is 36.3 Å². The lowest BCUT2D eigenvalue weighted by atomic mass is 10.1. The monoisotopic (exact) mass is 181 g/mol. The van der Waals surface area contributed by atoms with Crippen LogP contribution in [0.3, 0.4) is 0 Å².